The lowest BCUT2D eigenvalue weighted by Crippen LogP contribution is -2.61. The fraction of sp³-hybridized carbons (Fsp3) is 0.707. The molecule has 2 aromatic rings. The van der Waals surface area contributed by atoms with Crippen molar-refractivity contribution in [3.05, 3.63) is 29.7 Å². The molecular formula is C41H53F3N6O8S. The van der Waals surface area contributed by atoms with Crippen molar-refractivity contribution in [1.82, 2.24) is 30.2 Å². The van der Waals surface area contributed by atoms with Crippen LogP contribution in [0, 0.1) is 40.8 Å². The average molecular weight is 847 g/mol. The van der Waals surface area contributed by atoms with Crippen molar-refractivity contribution in [2.24, 2.45) is 35.0 Å². The first-order chi connectivity index (χ1) is 27.7. The van der Waals surface area contributed by atoms with E-state index in [0.29, 0.717) is 29.5 Å². The van der Waals surface area contributed by atoms with E-state index in [2.05, 4.69) is 15.6 Å². The van der Waals surface area contributed by atoms with Crippen LogP contribution in [-0.2, 0) is 35.6 Å². The second-order valence-electron chi connectivity index (χ2n) is 19.1. The van der Waals surface area contributed by atoms with Crippen molar-refractivity contribution < 1.29 is 50.2 Å². The summed E-state index contributed by atoms with van der Waals surface area (Å²) >= 11 is 0. The molecule has 14 nitrogen and oxygen atoms in total. The zero-order chi connectivity index (χ0) is 42.4. The Labute approximate surface area is 341 Å². The van der Waals surface area contributed by atoms with Gasteiger partial charge in [0.15, 0.2) is 0 Å². The fourth-order valence-electron chi connectivity index (χ4n) is 9.59. The predicted molar refractivity (Wildman–Crippen MR) is 207 cm³/mol. The van der Waals surface area contributed by atoms with Gasteiger partial charge in [0.25, 0.3) is 5.91 Å². The Kier molecular flexibility index (Phi) is 10.4. The number of carbonyl (C=O) groups excluding carboxylic acids is 4. The van der Waals surface area contributed by atoms with Gasteiger partial charge >= 0.3 is 6.09 Å². The molecule has 1 saturated heterocycles. The highest BCUT2D eigenvalue weighted by Gasteiger charge is 2.68. The van der Waals surface area contributed by atoms with Crippen molar-refractivity contribution in [2.45, 2.75) is 140 Å². The zero-order valence-electron chi connectivity index (χ0n) is 33.9. The van der Waals surface area contributed by atoms with Crippen molar-refractivity contribution in [3.8, 4) is 5.88 Å². The first-order valence-corrected chi connectivity index (χ1v) is 22.3. The molecule has 1 aromatic heterocycles. The van der Waals surface area contributed by atoms with Crippen LogP contribution in [0.1, 0.15) is 98.1 Å². The van der Waals surface area contributed by atoms with E-state index in [1.165, 1.54) is 30.0 Å². The lowest BCUT2D eigenvalue weighted by Gasteiger charge is -2.36. The van der Waals surface area contributed by atoms with E-state index < -0.39 is 98.2 Å². The third-order valence-electron chi connectivity index (χ3n) is 13.8. The Bertz CT molecular complexity index is 2170. The van der Waals surface area contributed by atoms with Gasteiger partial charge in [-0.05, 0) is 93.6 Å². The molecular weight excluding hydrogens is 794 g/mol. The number of halogens is 3. The number of aryl methyl sites for hydroxylation is 1. The summed E-state index contributed by atoms with van der Waals surface area (Å²) in [5.41, 5.74) is -2.00. The summed E-state index contributed by atoms with van der Waals surface area (Å²) in [6, 6.07) is 1.37. The predicted octanol–water partition coefficient (Wildman–Crippen LogP) is 4.78. The molecule has 2 aliphatic heterocycles. The van der Waals surface area contributed by atoms with Gasteiger partial charge in [-0.1, -0.05) is 40.5 Å². The number of carbonyl (C=O) groups is 4. The number of nitrogens with zero attached hydrogens (tertiary/aromatic N) is 3. The van der Waals surface area contributed by atoms with Gasteiger partial charge < -0.3 is 25.0 Å². The summed E-state index contributed by atoms with van der Waals surface area (Å²) in [6.07, 6.45) is 0.542. The second-order valence-corrected chi connectivity index (χ2v) is 21.3. The molecule has 10 atom stereocenters. The molecule has 4 saturated carbocycles. The molecule has 0 spiro atoms. The number of fused-ring (bicyclic) bond motifs is 7. The number of hydrogen-bond acceptors (Lipinski definition) is 10. The monoisotopic (exact) mass is 846 g/mol. The Balaban J connectivity index is 1.15. The zero-order valence-corrected chi connectivity index (χ0v) is 34.7. The minimum atomic E-state index is -4.26. The molecule has 1 aromatic carbocycles. The number of benzene rings is 1. The quantitative estimate of drug-likeness (QED) is 0.366. The van der Waals surface area contributed by atoms with Gasteiger partial charge in [-0.2, -0.15) is 0 Å². The third kappa shape index (κ3) is 7.82. The third-order valence-corrected chi connectivity index (χ3v) is 16.0. The van der Waals surface area contributed by atoms with Crippen LogP contribution < -0.4 is 20.1 Å². The van der Waals surface area contributed by atoms with Crippen LogP contribution in [0.2, 0.25) is 0 Å². The number of alkyl carbamates (subject to hydrolysis) is 1. The van der Waals surface area contributed by atoms with Crippen molar-refractivity contribution in [2.75, 3.05) is 6.54 Å². The Morgan fingerprint density at radius 3 is 2.44 bits per heavy atom. The van der Waals surface area contributed by atoms with Gasteiger partial charge in [0.05, 0.1) is 28.2 Å². The summed E-state index contributed by atoms with van der Waals surface area (Å²) in [5, 5.41) is 5.25. The standard InChI is InChI=1S/C41H53F3N6O8S/c1-20-30-19-50(31(20)34(51)48-41(18-25(41)33(43)44)37(53)49-59(55,56)40(5)13-14-40)36(52)32(39(2,3)4)47-38(54)58-29-16-21-15-24(21)23(29)9-7-6-8-10-27-35(57-30)46-28-17-22(42)11-12-26(28)45-27/h11-12,17,20-21,23-25,29-33H,6-10,13-16,18-19H2,1-5H3,(H,47,54)(H,48,51)(H,49,53)/t20-,21?,23-,24+,25+,29-,30+,31+,32-,41-/m1/s1. The van der Waals surface area contributed by atoms with Crippen LogP contribution in [0.15, 0.2) is 18.2 Å². The van der Waals surface area contributed by atoms with Crippen molar-refractivity contribution >= 4 is 44.9 Å². The van der Waals surface area contributed by atoms with Gasteiger partial charge in [0.2, 0.25) is 34.1 Å². The molecule has 322 valence electrons. The normalized spacial score (nSPS) is 34.3. The minimum absolute atomic E-state index is 0.0925. The Morgan fingerprint density at radius 2 is 1.76 bits per heavy atom. The molecule has 5 fully saturated rings. The molecule has 4 aliphatic carbocycles. The van der Waals surface area contributed by atoms with E-state index in [0.717, 1.165) is 38.5 Å². The summed E-state index contributed by atoms with van der Waals surface area (Å²) in [6.45, 7) is 8.06. The highest BCUT2D eigenvalue weighted by Crippen LogP contribution is 2.58. The van der Waals surface area contributed by atoms with Crippen LogP contribution in [0.4, 0.5) is 18.0 Å². The van der Waals surface area contributed by atoms with Gasteiger partial charge in [0, 0.05) is 12.0 Å². The van der Waals surface area contributed by atoms with E-state index in [1.54, 1.807) is 27.7 Å². The van der Waals surface area contributed by atoms with E-state index in [4.69, 9.17) is 14.5 Å². The molecule has 4 amide bonds. The Hall–Kier alpha value is -4.22. The smallest absolute Gasteiger partial charge is 0.408 e. The van der Waals surface area contributed by atoms with Gasteiger partial charge in [-0.25, -0.2) is 36.4 Å². The number of amides is 4. The molecule has 8 rings (SSSR count). The number of alkyl halides is 2. The SMILES string of the molecule is C[C@@H]1[C@@H]2CN(C(=O)[C@H](C(C)(C)C)NC(=O)O[C@@H]3CC4C[C@@H]4[C@H]3CCCCCc3nc4ccc(F)cc4nc3O2)[C@@H]1C(=O)N[C@]1(C(=O)NS(=O)(=O)C2(C)CC2)C[C@H]1C(F)F. The topological polar surface area (TPSA) is 186 Å². The summed E-state index contributed by atoms with van der Waals surface area (Å²) in [7, 11) is -4.26. The number of sulfonamides is 1. The molecule has 1 unspecified atom stereocenters. The van der Waals surface area contributed by atoms with E-state index in [9.17, 15) is 40.8 Å². The number of nitrogens with one attached hydrogen (secondary N) is 3. The molecule has 6 aliphatic rings. The largest absolute Gasteiger partial charge is 0.471 e. The molecule has 18 heteroatoms. The number of hydrogen-bond donors (Lipinski definition) is 3. The highest BCUT2D eigenvalue weighted by molar-refractivity contribution is 7.91. The minimum Gasteiger partial charge on any atom is -0.471 e. The lowest BCUT2D eigenvalue weighted by molar-refractivity contribution is -0.143. The molecule has 2 bridgehead atoms. The van der Waals surface area contributed by atoms with Crippen LogP contribution in [0.5, 0.6) is 5.88 Å². The van der Waals surface area contributed by atoms with Gasteiger partial charge in [-0.15, -0.1) is 0 Å². The maximum atomic E-state index is 14.9. The number of rotatable bonds is 6. The molecule has 3 heterocycles. The lowest BCUT2D eigenvalue weighted by atomic mass is 9.85. The highest BCUT2D eigenvalue weighted by atomic mass is 32.2. The molecule has 3 N–H and O–H groups in total. The van der Waals surface area contributed by atoms with Crippen LogP contribution in [0.25, 0.3) is 11.0 Å². The summed E-state index contributed by atoms with van der Waals surface area (Å²) in [4.78, 5) is 67.4. The van der Waals surface area contributed by atoms with E-state index in [-0.39, 0.29) is 42.8 Å². The summed E-state index contributed by atoms with van der Waals surface area (Å²) < 4.78 is 82.5. The Morgan fingerprint density at radius 1 is 1.02 bits per heavy atom. The second kappa shape index (κ2) is 14.8. The van der Waals surface area contributed by atoms with Crippen molar-refractivity contribution in [3.63, 3.8) is 0 Å². The first kappa shape index (κ1) is 41.5. The van der Waals surface area contributed by atoms with Gasteiger partial charge in [-0.3, -0.25) is 19.1 Å². The van der Waals surface area contributed by atoms with Crippen LogP contribution >= 0.6 is 0 Å². The number of ether oxygens (including phenoxy) is 2. The maximum Gasteiger partial charge on any atom is 0.408 e. The fourth-order valence-corrected chi connectivity index (χ4v) is 10.9. The summed E-state index contributed by atoms with van der Waals surface area (Å²) in [5.74, 6) is -4.80. The maximum absolute atomic E-state index is 14.9. The molecule has 59 heavy (non-hydrogen) atoms. The molecule has 0 radical (unpaired) electrons. The van der Waals surface area contributed by atoms with Crippen LogP contribution in [0.3, 0.4) is 0 Å². The van der Waals surface area contributed by atoms with Crippen molar-refractivity contribution in [1.29, 1.82) is 0 Å². The average Bonchev–Trinajstić information content (AvgIpc) is 4.10. The van der Waals surface area contributed by atoms with Crippen LogP contribution in [-0.4, -0.2) is 94.6 Å². The number of aromatic nitrogens is 2. The first-order valence-electron chi connectivity index (χ1n) is 20.8. The van der Waals surface area contributed by atoms with E-state index >= 15 is 0 Å². The van der Waals surface area contributed by atoms with E-state index in [1.807, 2.05) is 4.72 Å². The van der Waals surface area contributed by atoms with Gasteiger partial charge in [0.1, 0.15) is 41.3 Å².